The van der Waals surface area contributed by atoms with Gasteiger partial charge in [-0.2, -0.15) is 0 Å². The molecule has 0 heterocycles. The molecule has 0 spiro atoms. The van der Waals surface area contributed by atoms with Gasteiger partial charge in [0.2, 0.25) is 0 Å². The molecule has 0 saturated heterocycles. The van der Waals surface area contributed by atoms with Crippen molar-refractivity contribution in [2.75, 3.05) is 34.9 Å². The molecule has 0 atom stereocenters. The van der Waals surface area contributed by atoms with Crippen LogP contribution in [0.4, 0.5) is 0 Å². The van der Waals surface area contributed by atoms with Crippen molar-refractivity contribution in [3.05, 3.63) is 52.0 Å². The Labute approximate surface area is 169 Å². The highest BCUT2D eigenvalue weighted by Crippen LogP contribution is 2.27. The van der Waals surface area contributed by atoms with Crippen LogP contribution in [-0.4, -0.2) is 40.9 Å². The summed E-state index contributed by atoms with van der Waals surface area (Å²) in [6.45, 7) is 1.42. The molecule has 0 radical (unpaired) electrons. The summed E-state index contributed by atoms with van der Waals surface area (Å²) in [4.78, 5) is 4.26. The van der Waals surface area contributed by atoms with Gasteiger partial charge in [0.1, 0.15) is 5.75 Å². The van der Waals surface area contributed by atoms with Gasteiger partial charge in [0, 0.05) is 20.1 Å². The van der Waals surface area contributed by atoms with Crippen LogP contribution in [0, 0.1) is 0 Å². The summed E-state index contributed by atoms with van der Waals surface area (Å²) >= 11 is 3.50. The number of benzene rings is 2. The fourth-order valence-electron chi connectivity index (χ4n) is 2.59. The first-order chi connectivity index (χ1) is 13.1. The van der Waals surface area contributed by atoms with Crippen molar-refractivity contribution in [1.29, 1.82) is 0 Å². The first-order valence-corrected chi connectivity index (χ1v) is 9.38. The third kappa shape index (κ3) is 6.06. The molecule has 0 aliphatic carbocycles. The quantitative estimate of drug-likeness (QED) is 0.491. The van der Waals surface area contributed by atoms with Crippen LogP contribution >= 0.6 is 15.9 Å². The molecule has 2 N–H and O–H groups in total. The van der Waals surface area contributed by atoms with Gasteiger partial charge in [-0.3, -0.25) is 4.99 Å². The van der Waals surface area contributed by atoms with E-state index in [1.54, 1.807) is 28.4 Å². The van der Waals surface area contributed by atoms with Gasteiger partial charge in [-0.25, -0.2) is 0 Å². The van der Waals surface area contributed by atoms with Gasteiger partial charge in [0.25, 0.3) is 0 Å². The van der Waals surface area contributed by atoms with E-state index in [-0.39, 0.29) is 0 Å². The maximum Gasteiger partial charge on any atom is 0.191 e. The zero-order valence-electron chi connectivity index (χ0n) is 16.1. The van der Waals surface area contributed by atoms with Gasteiger partial charge in [-0.05, 0) is 57.7 Å². The summed E-state index contributed by atoms with van der Waals surface area (Å²) in [5.41, 5.74) is 2.29. The lowest BCUT2D eigenvalue weighted by atomic mass is 10.1. The first-order valence-electron chi connectivity index (χ1n) is 8.59. The molecule has 27 heavy (non-hydrogen) atoms. The highest BCUT2D eigenvalue weighted by molar-refractivity contribution is 9.10. The Morgan fingerprint density at radius 3 is 2.19 bits per heavy atom. The normalized spacial score (nSPS) is 11.1. The van der Waals surface area contributed by atoms with Crippen LogP contribution in [0.3, 0.4) is 0 Å². The second-order valence-corrected chi connectivity index (χ2v) is 6.62. The third-order valence-corrected chi connectivity index (χ3v) is 4.67. The van der Waals surface area contributed by atoms with E-state index >= 15 is 0 Å². The molecule has 2 aromatic rings. The Balaban J connectivity index is 1.84. The number of methoxy groups -OCH3 is 3. The minimum absolute atomic E-state index is 0.665. The van der Waals surface area contributed by atoms with Crippen molar-refractivity contribution in [3.63, 3.8) is 0 Å². The minimum atomic E-state index is 0.665. The van der Waals surface area contributed by atoms with Crippen molar-refractivity contribution in [2.24, 2.45) is 4.99 Å². The standard InChI is InChI=1S/C20H26BrN3O3/c1-22-20(24-13-15-6-7-17(25-2)16(21)11-15)23-10-9-14-5-8-18(26-3)19(12-14)27-4/h5-8,11-12H,9-10,13H2,1-4H3,(H2,22,23,24). The van der Waals surface area contributed by atoms with E-state index in [0.717, 1.165) is 51.8 Å². The number of ether oxygens (including phenoxy) is 3. The lowest BCUT2D eigenvalue weighted by Gasteiger charge is -2.13. The summed E-state index contributed by atoms with van der Waals surface area (Å²) in [7, 11) is 6.69. The highest BCUT2D eigenvalue weighted by Gasteiger charge is 2.06. The van der Waals surface area contributed by atoms with E-state index in [4.69, 9.17) is 14.2 Å². The van der Waals surface area contributed by atoms with Crippen LogP contribution in [0.5, 0.6) is 17.2 Å². The topological polar surface area (TPSA) is 64.1 Å². The van der Waals surface area contributed by atoms with Gasteiger partial charge in [0.05, 0.1) is 25.8 Å². The van der Waals surface area contributed by atoms with Crippen molar-refractivity contribution >= 4 is 21.9 Å². The molecular weight excluding hydrogens is 410 g/mol. The fraction of sp³-hybridized carbons (Fsp3) is 0.350. The third-order valence-electron chi connectivity index (χ3n) is 4.05. The van der Waals surface area contributed by atoms with Gasteiger partial charge in [-0.1, -0.05) is 12.1 Å². The number of hydrogen-bond acceptors (Lipinski definition) is 4. The lowest BCUT2D eigenvalue weighted by Crippen LogP contribution is -2.37. The molecule has 2 aromatic carbocycles. The molecule has 2 rings (SSSR count). The first kappa shape index (κ1) is 20.9. The molecule has 0 aliphatic rings. The summed E-state index contributed by atoms with van der Waals surface area (Å²) < 4.78 is 16.8. The number of aliphatic imine (C=N–C) groups is 1. The number of nitrogens with zero attached hydrogens (tertiary/aromatic N) is 1. The maximum absolute atomic E-state index is 5.34. The molecule has 0 unspecified atom stereocenters. The van der Waals surface area contributed by atoms with Crippen LogP contribution in [-0.2, 0) is 13.0 Å². The average Bonchev–Trinajstić information content (AvgIpc) is 2.70. The van der Waals surface area contributed by atoms with E-state index in [1.165, 1.54) is 0 Å². The van der Waals surface area contributed by atoms with Crippen LogP contribution in [0.1, 0.15) is 11.1 Å². The van der Waals surface area contributed by atoms with Crippen LogP contribution in [0.25, 0.3) is 0 Å². The number of nitrogens with one attached hydrogen (secondary N) is 2. The predicted octanol–water partition coefficient (Wildman–Crippen LogP) is 3.38. The Kier molecular flexibility index (Phi) is 8.26. The van der Waals surface area contributed by atoms with Crippen LogP contribution in [0.2, 0.25) is 0 Å². The Bertz CT molecular complexity index is 781. The van der Waals surface area contributed by atoms with E-state index < -0.39 is 0 Å². The van der Waals surface area contributed by atoms with Crippen molar-refractivity contribution in [2.45, 2.75) is 13.0 Å². The fourth-order valence-corrected chi connectivity index (χ4v) is 3.18. The Hall–Kier alpha value is -2.41. The van der Waals surface area contributed by atoms with Gasteiger partial charge >= 0.3 is 0 Å². The molecule has 0 amide bonds. The zero-order chi connectivity index (χ0) is 19.6. The monoisotopic (exact) mass is 435 g/mol. The van der Waals surface area contributed by atoms with E-state index in [0.29, 0.717) is 6.54 Å². The smallest absolute Gasteiger partial charge is 0.191 e. The molecule has 7 heteroatoms. The molecule has 0 aromatic heterocycles. The summed E-state index contributed by atoms with van der Waals surface area (Å²) in [5, 5.41) is 6.63. The average molecular weight is 436 g/mol. The van der Waals surface area contributed by atoms with Gasteiger partial charge in [-0.15, -0.1) is 0 Å². The molecule has 146 valence electrons. The molecule has 0 aliphatic heterocycles. The minimum Gasteiger partial charge on any atom is -0.496 e. The second kappa shape index (κ2) is 10.7. The highest BCUT2D eigenvalue weighted by atomic mass is 79.9. The lowest BCUT2D eigenvalue weighted by molar-refractivity contribution is 0.354. The van der Waals surface area contributed by atoms with Gasteiger partial charge in [0.15, 0.2) is 17.5 Å². The van der Waals surface area contributed by atoms with E-state index in [2.05, 4.69) is 31.6 Å². The zero-order valence-corrected chi connectivity index (χ0v) is 17.7. The summed E-state index contributed by atoms with van der Waals surface area (Å²) in [6, 6.07) is 11.9. The summed E-state index contributed by atoms with van der Waals surface area (Å²) in [6.07, 6.45) is 0.842. The molecule has 0 saturated carbocycles. The number of rotatable bonds is 8. The van der Waals surface area contributed by atoms with Gasteiger partial charge < -0.3 is 24.8 Å². The van der Waals surface area contributed by atoms with E-state index in [9.17, 15) is 0 Å². The van der Waals surface area contributed by atoms with E-state index in [1.807, 2.05) is 36.4 Å². The number of halogens is 1. The SMILES string of the molecule is CN=C(NCCc1ccc(OC)c(OC)c1)NCc1ccc(OC)c(Br)c1. The largest absolute Gasteiger partial charge is 0.496 e. The second-order valence-electron chi connectivity index (χ2n) is 5.76. The predicted molar refractivity (Wildman–Crippen MR) is 112 cm³/mol. The van der Waals surface area contributed by atoms with Crippen molar-refractivity contribution < 1.29 is 14.2 Å². The Morgan fingerprint density at radius 1 is 0.889 bits per heavy atom. The van der Waals surface area contributed by atoms with Crippen LogP contribution in [0.15, 0.2) is 45.9 Å². The summed E-state index contributed by atoms with van der Waals surface area (Å²) in [5.74, 6) is 3.04. The molecule has 6 nitrogen and oxygen atoms in total. The molecule has 0 bridgehead atoms. The van der Waals surface area contributed by atoms with Crippen molar-refractivity contribution in [3.8, 4) is 17.2 Å². The Morgan fingerprint density at radius 2 is 1.56 bits per heavy atom. The number of hydrogen-bond donors (Lipinski definition) is 2. The van der Waals surface area contributed by atoms with Crippen molar-refractivity contribution in [1.82, 2.24) is 10.6 Å². The van der Waals surface area contributed by atoms with Crippen LogP contribution < -0.4 is 24.8 Å². The maximum atomic E-state index is 5.34. The number of guanidine groups is 1. The molecule has 0 fully saturated rings. The molecular formula is C20H26BrN3O3.